The van der Waals surface area contributed by atoms with Crippen molar-refractivity contribution in [3.05, 3.63) is 71.5 Å². The summed E-state index contributed by atoms with van der Waals surface area (Å²) in [5.41, 5.74) is 1.27. The van der Waals surface area contributed by atoms with Crippen LogP contribution in [-0.2, 0) is 4.79 Å². The molecule has 2 N–H and O–H groups in total. The summed E-state index contributed by atoms with van der Waals surface area (Å²) < 4.78 is 13.0. The molecule has 2 aromatic rings. The predicted octanol–water partition coefficient (Wildman–Crippen LogP) is 2.83. The molecule has 132 valence electrons. The summed E-state index contributed by atoms with van der Waals surface area (Å²) in [4.78, 5) is 14.1. The zero-order chi connectivity index (χ0) is 17.8. The minimum Gasteiger partial charge on any atom is -0.388 e. The molecule has 2 atom stereocenters. The maximum absolute atomic E-state index is 13.0. The van der Waals surface area contributed by atoms with Crippen molar-refractivity contribution >= 4 is 5.91 Å². The van der Waals surface area contributed by atoms with E-state index in [0.717, 1.165) is 0 Å². The third kappa shape index (κ3) is 4.06. The van der Waals surface area contributed by atoms with E-state index in [1.54, 1.807) is 41.3 Å². The first-order chi connectivity index (χ1) is 12.1. The van der Waals surface area contributed by atoms with Gasteiger partial charge in [-0.15, -0.1) is 0 Å². The second kappa shape index (κ2) is 7.76. The molecule has 0 bridgehead atoms. The second-order valence-corrected chi connectivity index (χ2v) is 6.47. The number of piperidine rings is 1. The van der Waals surface area contributed by atoms with Gasteiger partial charge in [0.25, 0.3) is 5.91 Å². The van der Waals surface area contributed by atoms with Gasteiger partial charge in [0.15, 0.2) is 6.10 Å². The molecular formula is C20H22FNO3. The van der Waals surface area contributed by atoms with Gasteiger partial charge in [0.1, 0.15) is 5.82 Å². The lowest BCUT2D eigenvalue weighted by molar-refractivity contribution is -0.142. The summed E-state index contributed by atoms with van der Waals surface area (Å²) in [6, 6.07) is 14.7. The summed E-state index contributed by atoms with van der Waals surface area (Å²) in [6.45, 7) is 0.983. The number of likely N-dealkylation sites (tertiary alicyclic amines) is 1. The molecule has 1 saturated heterocycles. The molecule has 0 aromatic heterocycles. The molecule has 0 spiro atoms. The zero-order valence-corrected chi connectivity index (χ0v) is 13.9. The lowest BCUT2D eigenvalue weighted by Crippen LogP contribution is -2.42. The van der Waals surface area contributed by atoms with E-state index in [-0.39, 0.29) is 17.6 Å². The average molecular weight is 343 g/mol. The van der Waals surface area contributed by atoms with Gasteiger partial charge in [-0.25, -0.2) is 4.39 Å². The predicted molar refractivity (Wildman–Crippen MR) is 92.1 cm³/mol. The molecule has 2 aromatic carbocycles. The molecule has 3 rings (SSSR count). The van der Waals surface area contributed by atoms with Crippen LogP contribution in [0.25, 0.3) is 0 Å². The van der Waals surface area contributed by atoms with Gasteiger partial charge < -0.3 is 15.1 Å². The highest BCUT2D eigenvalue weighted by molar-refractivity contribution is 5.82. The van der Waals surface area contributed by atoms with Gasteiger partial charge in [0.2, 0.25) is 0 Å². The van der Waals surface area contributed by atoms with Gasteiger partial charge in [-0.1, -0.05) is 42.5 Å². The zero-order valence-electron chi connectivity index (χ0n) is 13.9. The van der Waals surface area contributed by atoms with E-state index in [2.05, 4.69) is 0 Å². The van der Waals surface area contributed by atoms with E-state index >= 15 is 0 Å². The lowest BCUT2D eigenvalue weighted by Gasteiger charge is -2.35. The fourth-order valence-corrected chi connectivity index (χ4v) is 3.32. The minimum absolute atomic E-state index is 0.0170. The first kappa shape index (κ1) is 17.6. The summed E-state index contributed by atoms with van der Waals surface area (Å²) in [5, 5.41) is 20.7. The molecule has 1 aliphatic heterocycles. The Morgan fingerprint density at radius 3 is 2.16 bits per heavy atom. The first-order valence-corrected chi connectivity index (χ1v) is 8.51. The van der Waals surface area contributed by atoms with Crippen LogP contribution >= 0.6 is 0 Å². The molecule has 25 heavy (non-hydrogen) atoms. The summed E-state index contributed by atoms with van der Waals surface area (Å²) in [6.07, 6.45) is -0.533. The normalized spacial score (nSPS) is 18.0. The molecule has 4 nitrogen and oxygen atoms in total. The number of halogens is 1. The topological polar surface area (TPSA) is 60.8 Å². The second-order valence-electron chi connectivity index (χ2n) is 6.47. The maximum Gasteiger partial charge on any atom is 0.256 e. The van der Waals surface area contributed by atoms with Gasteiger partial charge in [-0.05, 0) is 42.0 Å². The Labute approximate surface area is 146 Å². The van der Waals surface area contributed by atoms with Crippen molar-refractivity contribution in [2.75, 3.05) is 13.1 Å². The number of hydrogen-bond acceptors (Lipinski definition) is 3. The Balaban J connectivity index is 1.58. The third-order valence-corrected chi connectivity index (χ3v) is 4.86. The molecule has 0 saturated carbocycles. The number of carbonyl (C=O) groups is 1. The Kier molecular flexibility index (Phi) is 5.46. The van der Waals surface area contributed by atoms with Crippen LogP contribution in [0.15, 0.2) is 54.6 Å². The van der Waals surface area contributed by atoms with Crippen LogP contribution in [0.5, 0.6) is 0 Å². The summed E-state index contributed by atoms with van der Waals surface area (Å²) >= 11 is 0. The number of aliphatic hydroxyl groups excluding tert-OH is 2. The number of aliphatic hydroxyl groups is 2. The Morgan fingerprint density at radius 2 is 1.56 bits per heavy atom. The van der Waals surface area contributed by atoms with Crippen LogP contribution in [0.1, 0.15) is 36.2 Å². The van der Waals surface area contributed by atoms with Crippen molar-refractivity contribution in [2.45, 2.75) is 25.0 Å². The van der Waals surface area contributed by atoms with Crippen LogP contribution in [0.4, 0.5) is 4.39 Å². The molecule has 1 unspecified atom stereocenters. The number of benzene rings is 2. The van der Waals surface area contributed by atoms with E-state index in [1.165, 1.54) is 12.1 Å². The van der Waals surface area contributed by atoms with Crippen molar-refractivity contribution in [3.63, 3.8) is 0 Å². The van der Waals surface area contributed by atoms with Gasteiger partial charge in [0.05, 0.1) is 6.10 Å². The van der Waals surface area contributed by atoms with E-state index in [9.17, 15) is 19.4 Å². The monoisotopic (exact) mass is 343 g/mol. The van der Waals surface area contributed by atoms with Crippen LogP contribution in [0, 0.1) is 11.7 Å². The lowest BCUT2D eigenvalue weighted by atomic mass is 9.87. The van der Waals surface area contributed by atoms with Crippen LogP contribution < -0.4 is 0 Å². The number of carbonyl (C=O) groups excluding carboxylic acids is 1. The number of amides is 1. The molecular weight excluding hydrogens is 321 g/mol. The van der Waals surface area contributed by atoms with E-state index in [0.29, 0.717) is 37.1 Å². The fourth-order valence-electron chi connectivity index (χ4n) is 3.32. The van der Waals surface area contributed by atoms with Crippen LogP contribution in [0.2, 0.25) is 0 Å². The standard InChI is InChI=1S/C20H22FNO3/c21-17-8-6-15(7-9-17)18(23)16-10-12-22(13-11-16)20(25)19(24)14-4-2-1-3-5-14/h1-9,16,18-19,23-24H,10-13H2/t18?,19-/m1/s1. The first-order valence-electron chi connectivity index (χ1n) is 8.51. The van der Waals surface area contributed by atoms with Crippen molar-refractivity contribution in [3.8, 4) is 0 Å². The Hall–Kier alpha value is -2.24. The average Bonchev–Trinajstić information content (AvgIpc) is 2.67. The van der Waals surface area contributed by atoms with Gasteiger partial charge >= 0.3 is 0 Å². The molecule has 1 heterocycles. The highest BCUT2D eigenvalue weighted by atomic mass is 19.1. The molecule has 1 aliphatic rings. The van der Waals surface area contributed by atoms with Crippen molar-refractivity contribution in [2.24, 2.45) is 5.92 Å². The summed E-state index contributed by atoms with van der Waals surface area (Å²) in [5.74, 6) is -0.615. The fraction of sp³-hybridized carbons (Fsp3) is 0.350. The minimum atomic E-state index is -1.15. The molecule has 0 aliphatic carbocycles. The van der Waals surface area contributed by atoms with Gasteiger partial charge in [-0.2, -0.15) is 0 Å². The third-order valence-electron chi connectivity index (χ3n) is 4.86. The number of nitrogens with zero attached hydrogens (tertiary/aromatic N) is 1. The highest BCUT2D eigenvalue weighted by Crippen LogP contribution is 2.31. The molecule has 1 fully saturated rings. The molecule has 1 amide bonds. The number of hydrogen-bond donors (Lipinski definition) is 2. The molecule has 0 radical (unpaired) electrons. The highest BCUT2D eigenvalue weighted by Gasteiger charge is 2.31. The number of rotatable bonds is 4. The largest absolute Gasteiger partial charge is 0.388 e. The Bertz CT molecular complexity index is 697. The smallest absolute Gasteiger partial charge is 0.256 e. The van der Waals surface area contributed by atoms with Crippen molar-refractivity contribution in [1.82, 2.24) is 4.90 Å². The van der Waals surface area contributed by atoms with Gasteiger partial charge in [0, 0.05) is 13.1 Å². The maximum atomic E-state index is 13.0. The van der Waals surface area contributed by atoms with E-state index in [1.807, 2.05) is 6.07 Å². The van der Waals surface area contributed by atoms with E-state index < -0.39 is 12.2 Å². The van der Waals surface area contributed by atoms with E-state index in [4.69, 9.17) is 0 Å². The van der Waals surface area contributed by atoms with Crippen LogP contribution in [-0.4, -0.2) is 34.1 Å². The van der Waals surface area contributed by atoms with Crippen molar-refractivity contribution < 1.29 is 19.4 Å². The quantitative estimate of drug-likeness (QED) is 0.897. The SMILES string of the molecule is O=C([C@H](O)c1ccccc1)N1CCC(C(O)c2ccc(F)cc2)CC1. The van der Waals surface area contributed by atoms with Crippen LogP contribution in [0.3, 0.4) is 0 Å². The van der Waals surface area contributed by atoms with Gasteiger partial charge in [-0.3, -0.25) is 4.79 Å². The Morgan fingerprint density at radius 1 is 0.960 bits per heavy atom. The summed E-state index contributed by atoms with van der Waals surface area (Å²) in [7, 11) is 0. The molecule has 5 heteroatoms. The van der Waals surface area contributed by atoms with Crippen molar-refractivity contribution in [1.29, 1.82) is 0 Å².